The lowest BCUT2D eigenvalue weighted by atomic mass is 10.1. The van der Waals surface area contributed by atoms with Gasteiger partial charge in [0, 0.05) is 13.0 Å². The van der Waals surface area contributed by atoms with Crippen molar-refractivity contribution < 1.29 is 9.53 Å². The van der Waals surface area contributed by atoms with E-state index >= 15 is 0 Å². The number of hydrogen-bond acceptors (Lipinski definition) is 3. The van der Waals surface area contributed by atoms with Crippen molar-refractivity contribution in [3.05, 3.63) is 0 Å². The highest BCUT2D eigenvalue weighted by molar-refractivity contribution is 5.76. The summed E-state index contributed by atoms with van der Waals surface area (Å²) < 4.78 is 5.48. The molecule has 2 unspecified atom stereocenters. The second-order valence-electron chi connectivity index (χ2n) is 4.28. The van der Waals surface area contributed by atoms with E-state index in [9.17, 15) is 4.79 Å². The van der Waals surface area contributed by atoms with Crippen LogP contribution in [-0.4, -0.2) is 42.6 Å². The monoisotopic (exact) mass is 214 g/mol. The summed E-state index contributed by atoms with van der Waals surface area (Å²) >= 11 is 0. The number of rotatable bonds is 4. The van der Waals surface area contributed by atoms with Crippen LogP contribution in [0.3, 0.4) is 0 Å². The van der Waals surface area contributed by atoms with Crippen LogP contribution >= 0.6 is 0 Å². The Morgan fingerprint density at radius 2 is 2.20 bits per heavy atom. The lowest BCUT2D eigenvalue weighted by molar-refractivity contribution is -0.143. The molecule has 4 nitrogen and oxygen atoms in total. The van der Waals surface area contributed by atoms with E-state index in [4.69, 9.17) is 10.5 Å². The van der Waals surface area contributed by atoms with Gasteiger partial charge in [-0.15, -0.1) is 0 Å². The van der Waals surface area contributed by atoms with Crippen molar-refractivity contribution in [3.63, 3.8) is 0 Å². The van der Waals surface area contributed by atoms with Crippen molar-refractivity contribution in [3.8, 4) is 0 Å². The zero-order valence-corrected chi connectivity index (χ0v) is 9.74. The Hall–Kier alpha value is -0.610. The maximum absolute atomic E-state index is 11.9. The van der Waals surface area contributed by atoms with Crippen LogP contribution in [0.1, 0.15) is 33.1 Å². The third kappa shape index (κ3) is 3.80. The molecule has 2 atom stereocenters. The van der Waals surface area contributed by atoms with Crippen molar-refractivity contribution in [1.82, 2.24) is 4.90 Å². The zero-order valence-electron chi connectivity index (χ0n) is 9.74. The van der Waals surface area contributed by atoms with Gasteiger partial charge < -0.3 is 15.4 Å². The van der Waals surface area contributed by atoms with Crippen molar-refractivity contribution in [2.24, 2.45) is 5.73 Å². The number of hydrogen-bond donors (Lipinski definition) is 1. The number of unbranched alkanes of at least 4 members (excludes halogenated alkanes) is 1. The molecule has 0 spiro atoms. The van der Waals surface area contributed by atoms with E-state index in [0.29, 0.717) is 19.6 Å². The van der Waals surface area contributed by atoms with E-state index in [1.165, 1.54) is 0 Å². The normalized spacial score (nSPS) is 26.7. The first kappa shape index (κ1) is 12.5. The van der Waals surface area contributed by atoms with Crippen LogP contribution in [-0.2, 0) is 9.53 Å². The van der Waals surface area contributed by atoms with Gasteiger partial charge in [-0.2, -0.15) is 0 Å². The Morgan fingerprint density at radius 1 is 1.47 bits per heavy atom. The average molecular weight is 214 g/mol. The largest absolute Gasteiger partial charge is 0.375 e. The van der Waals surface area contributed by atoms with Crippen LogP contribution in [0.5, 0.6) is 0 Å². The van der Waals surface area contributed by atoms with Gasteiger partial charge in [0.1, 0.15) is 0 Å². The van der Waals surface area contributed by atoms with Crippen molar-refractivity contribution in [2.75, 3.05) is 19.7 Å². The van der Waals surface area contributed by atoms with Crippen LogP contribution < -0.4 is 5.73 Å². The average Bonchev–Trinajstić information content (AvgIpc) is 2.22. The number of ether oxygens (including phenoxy) is 1. The molecule has 1 aliphatic rings. The third-order valence-corrected chi connectivity index (χ3v) is 2.77. The Kier molecular flexibility index (Phi) is 5.05. The van der Waals surface area contributed by atoms with E-state index in [1.54, 1.807) is 0 Å². The minimum Gasteiger partial charge on any atom is -0.375 e. The van der Waals surface area contributed by atoms with Crippen LogP contribution in [0.4, 0.5) is 0 Å². The van der Waals surface area contributed by atoms with Gasteiger partial charge in [-0.3, -0.25) is 4.79 Å². The molecule has 15 heavy (non-hydrogen) atoms. The molecule has 1 fully saturated rings. The fourth-order valence-electron chi connectivity index (χ4n) is 1.81. The summed E-state index contributed by atoms with van der Waals surface area (Å²) in [5.41, 5.74) is 5.40. The highest BCUT2D eigenvalue weighted by atomic mass is 16.5. The number of amides is 1. The van der Waals surface area contributed by atoms with E-state index < -0.39 is 0 Å². The van der Waals surface area contributed by atoms with Gasteiger partial charge in [-0.1, -0.05) is 0 Å². The van der Waals surface area contributed by atoms with Crippen LogP contribution in [0, 0.1) is 0 Å². The van der Waals surface area contributed by atoms with Gasteiger partial charge in [-0.05, 0) is 33.2 Å². The fraction of sp³-hybridized carbons (Fsp3) is 0.909. The van der Waals surface area contributed by atoms with Gasteiger partial charge in [-0.25, -0.2) is 0 Å². The quantitative estimate of drug-likeness (QED) is 0.703. The summed E-state index contributed by atoms with van der Waals surface area (Å²) in [7, 11) is 0. The van der Waals surface area contributed by atoms with Gasteiger partial charge in [0.15, 0.2) is 0 Å². The highest BCUT2D eigenvalue weighted by Crippen LogP contribution is 2.13. The summed E-state index contributed by atoms with van der Waals surface area (Å²) in [4.78, 5) is 13.8. The first-order valence-electron chi connectivity index (χ1n) is 5.76. The summed E-state index contributed by atoms with van der Waals surface area (Å²) in [6.07, 6.45) is 2.61. The predicted molar refractivity (Wildman–Crippen MR) is 59.5 cm³/mol. The molecular formula is C11H22N2O2. The topological polar surface area (TPSA) is 55.6 Å². The van der Waals surface area contributed by atoms with Crippen molar-refractivity contribution in [1.29, 1.82) is 0 Å². The molecule has 0 bridgehead atoms. The number of carbonyl (C=O) groups excluding carboxylic acids is 1. The second-order valence-corrected chi connectivity index (χ2v) is 4.28. The summed E-state index contributed by atoms with van der Waals surface area (Å²) in [5.74, 6) is 0.242. The lowest BCUT2D eigenvalue weighted by Crippen LogP contribution is -2.50. The van der Waals surface area contributed by atoms with Gasteiger partial charge in [0.05, 0.1) is 18.8 Å². The lowest BCUT2D eigenvalue weighted by Gasteiger charge is -2.36. The Labute approximate surface area is 91.8 Å². The molecule has 0 aliphatic carbocycles. The fourth-order valence-corrected chi connectivity index (χ4v) is 1.81. The van der Waals surface area contributed by atoms with Gasteiger partial charge >= 0.3 is 0 Å². The Balaban J connectivity index is 2.35. The molecule has 0 aromatic heterocycles. The summed E-state index contributed by atoms with van der Waals surface area (Å²) in [5, 5.41) is 0. The molecule has 1 aliphatic heterocycles. The summed E-state index contributed by atoms with van der Waals surface area (Å²) in [6.45, 7) is 6.09. The number of carbonyl (C=O) groups is 1. The van der Waals surface area contributed by atoms with Gasteiger partial charge in [0.2, 0.25) is 5.91 Å². The Bertz CT molecular complexity index is 209. The van der Waals surface area contributed by atoms with Crippen LogP contribution in [0.15, 0.2) is 0 Å². The van der Waals surface area contributed by atoms with E-state index in [0.717, 1.165) is 19.4 Å². The maximum atomic E-state index is 11.9. The first-order chi connectivity index (χ1) is 7.15. The minimum absolute atomic E-state index is 0.166. The number of nitrogens with zero attached hydrogens (tertiary/aromatic N) is 1. The molecule has 1 amide bonds. The third-order valence-electron chi connectivity index (χ3n) is 2.77. The molecule has 2 N–H and O–H groups in total. The summed E-state index contributed by atoms with van der Waals surface area (Å²) in [6, 6.07) is 0.214. The first-order valence-corrected chi connectivity index (χ1v) is 5.76. The molecule has 0 aromatic carbocycles. The van der Waals surface area contributed by atoms with Crippen molar-refractivity contribution >= 4 is 5.91 Å². The maximum Gasteiger partial charge on any atom is 0.222 e. The number of morpholine rings is 1. The van der Waals surface area contributed by atoms with Crippen LogP contribution in [0.25, 0.3) is 0 Å². The van der Waals surface area contributed by atoms with Crippen LogP contribution in [0.2, 0.25) is 0 Å². The molecule has 88 valence electrons. The predicted octanol–water partition coefficient (Wildman–Crippen LogP) is 0.751. The van der Waals surface area contributed by atoms with Crippen molar-refractivity contribution in [2.45, 2.75) is 45.3 Å². The highest BCUT2D eigenvalue weighted by Gasteiger charge is 2.26. The number of nitrogens with two attached hydrogens (primary N) is 1. The van der Waals surface area contributed by atoms with Gasteiger partial charge in [0.25, 0.3) is 0 Å². The van der Waals surface area contributed by atoms with E-state index in [-0.39, 0.29) is 18.1 Å². The molecule has 0 saturated carbocycles. The van der Waals surface area contributed by atoms with E-state index in [1.807, 2.05) is 18.7 Å². The SMILES string of the molecule is CC1CN(C(=O)CCCCN)C(C)CO1. The zero-order chi connectivity index (χ0) is 11.3. The standard InChI is InChI=1S/C11H22N2O2/c1-9-8-15-10(2)7-13(9)11(14)5-3-4-6-12/h9-10H,3-8,12H2,1-2H3. The molecule has 4 heteroatoms. The molecule has 1 saturated heterocycles. The molecule has 0 radical (unpaired) electrons. The molecular weight excluding hydrogens is 192 g/mol. The second kappa shape index (κ2) is 6.08. The minimum atomic E-state index is 0.166. The molecule has 0 aromatic rings. The van der Waals surface area contributed by atoms with E-state index in [2.05, 4.69) is 0 Å². The Morgan fingerprint density at radius 3 is 2.87 bits per heavy atom. The molecule has 1 rings (SSSR count). The molecule has 1 heterocycles. The smallest absolute Gasteiger partial charge is 0.222 e.